The highest BCUT2D eigenvalue weighted by molar-refractivity contribution is 6.17. The van der Waals surface area contributed by atoms with Gasteiger partial charge in [0, 0.05) is 11.6 Å². The first-order valence-corrected chi connectivity index (χ1v) is 7.72. The van der Waals surface area contributed by atoms with Crippen molar-refractivity contribution in [2.45, 2.75) is 0 Å². The van der Waals surface area contributed by atoms with Crippen molar-refractivity contribution in [1.29, 1.82) is 0 Å². The van der Waals surface area contributed by atoms with Crippen LogP contribution in [-0.2, 0) is 9.53 Å². The fourth-order valence-corrected chi connectivity index (χ4v) is 2.46. The molecule has 0 spiro atoms. The normalized spacial score (nSPS) is 14.1. The fraction of sp³-hybridized carbons (Fsp3) is 0.105. The molecule has 0 aromatic heterocycles. The molecule has 7 heteroatoms. The third-order valence-electron chi connectivity index (χ3n) is 3.85. The highest BCUT2D eigenvalue weighted by Gasteiger charge is 2.22. The molecule has 0 saturated heterocycles. The monoisotopic (exact) mass is 352 g/mol. The average molecular weight is 352 g/mol. The first-order valence-electron chi connectivity index (χ1n) is 7.72. The van der Waals surface area contributed by atoms with E-state index in [1.54, 1.807) is 36.4 Å². The Labute approximate surface area is 149 Å². The van der Waals surface area contributed by atoms with Crippen molar-refractivity contribution in [3.63, 3.8) is 0 Å². The van der Waals surface area contributed by atoms with Gasteiger partial charge < -0.3 is 20.1 Å². The SMILES string of the molecule is COC(=O)c1ccc2c(c1)NC(=O)/C(=C/C(=O)c1ccc(OC)cc1)N2. The molecular weight excluding hydrogens is 336 g/mol. The largest absolute Gasteiger partial charge is 0.497 e. The van der Waals surface area contributed by atoms with E-state index in [2.05, 4.69) is 15.4 Å². The smallest absolute Gasteiger partial charge is 0.337 e. The maximum Gasteiger partial charge on any atom is 0.337 e. The number of ketones is 1. The molecule has 3 rings (SSSR count). The Morgan fingerprint density at radius 3 is 2.27 bits per heavy atom. The molecular formula is C19H16N2O5. The fourth-order valence-electron chi connectivity index (χ4n) is 2.46. The third-order valence-corrected chi connectivity index (χ3v) is 3.85. The van der Waals surface area contributed by atoms with E-state index in [-0.39, 0.29) is 11.5 Å². The number of nitrogens with one attached hydrogen (secondary N) is 2. The van der Waals surface area contributed by atoms with Crippen LogP contribution in [0.5, 0.6) is 5.75 Å². The molecule has 1 amide bonds. The summed E-state index contributed by atoms with van der Waals surface area (Å²) in [6, 6.07) is 11.3. The van der Waals surface area contributed by atoms with Crippen molar-refractivity contribution in [2.24, 2.45) is 0 Å². The number of methoxy groups -OCH3 is 2. The number of fused-ring (bicyclic) bond motifs is 1. The van der Waals surface area contributed by atoms with Crippen molar-refractivity contribution in [1.82, 2.24) is 0 Å². The summed E-state index contributed by atoms with van der Waals surface area (Å²) in [5.74, 6) is -0.655. The van der Waals surface area contributed by atoms with Gasteiger partial charge in [-0.3, -0.25) is 9.59 Å². The van der Waals surface area contributed by atoms with E-state index in [0.717, 1.165) is 0 Å². The second kappa shape index (κ2) is 7.10. The van der Waals surface area contributed by atoms with Crippen molar-refractivity contribution in [2.75, 3.05) is 24.9 Å². The molecule has 1 heterocycles. The first kappa shape index (κ1) is 17.2. The minimum atomic E-state index is -0.502. The van der Waals surface area contributed by atoms with Gasteiger partial charge >= 0.3 is 5.97 Å². The summed E-state index contributed by atoms with van der Waals surface area (Å²) in [4.78, 5) is 36.2. The molecule has 1 aliphatic heterocycles. The first-order chi connectivity index (χ1) is 12.5. The van der Waals surface area contributed by atoms with Gasteiger partial charge in [0.2, 0.25) is 0 Å². The van der Waals surface area contributed by atoms with E-state index in [0.29, 0.717) is 28.3 Å². The van der Waals surface area contributed by atoms with E-state index in [1.807, 2.05) is 0 Å². The molecule has 0 radical (unpaired) electrons. The van der Waals surface area contributed by atoms with Crippen LogP contribution in [0.15, 0.2) is 54.2 Å². The van der Waals surface area contributed by atoms with Crippen LogP contribution >= 0.6 is 0 Å². The predicted molar refractivity (Wildman–Crippen MR) is 95.4 cm³/mol. The quantitative estimate of drug-likeness (QED) is 0.499. The molecule has 2 N–H and O–H groups in total. The number of benzene rings is 2. The van der Waals surface area contributed by atoms with Gasteiger partial charge in [-0.25, -0.2) is 4.79 Å². The molecule has 2 aromatic carbocycles. The van der Waals surface area contributed by atoms with Crippen LogP contribution in [0.2, 0.25) is 0 Å². The Morgan fingerprint density at radius 2 is 1.62 bits per heavy atom. The number of hydrogen-bond donors (Lipinski definition) is 2. The molecule has 7 nitrogen and oxygen atoms in total. The number of ether oxygens (including phenoxy) is 2. The molecule has 0 aliphatic carbocycles. The highest BCUT2D eigenvalue weighted by Crippen LogP contribution is 2.29. The van der Waals surface area contributed by atoms with E-state index in [4.69, 9.17) is 4.74 Å². The number of esters is 1. The van der Waals surface area contributed by atoms with Crippen LogP contribution in [0.1, 0.15) is 20.7 Å². The van der Waals surface area contributed by atoms with Gasteiger partial charge in [0.25, 0.3) is 5.91 Å². The Morgan fingerprint density at radius 1 is 0.923 bits per heavy atom. The Kier molecular flexibility index (Phi) is 4.70. The maximum absolute atomic E-state index is 12.4. The second-order valence-electron chi connectivity index (χ2n) is 5.48. The summed E-state index contributed by atoms with van der Waals surface area (Å²) < 4.78 is 9.71. The number of amides is 1. The van der Waals surface area contributed by atoms with Crippen LogP contribution in [0, 0.1) is 0 Å². The maximum atomic E-state index is 12.4. The van der Waals surface area contributed by atoms with Crippen LogP contribution < -0.4 is 15.4 Å². The summed E-state index contributed by atoms with van der Waals surface area (Å²) in [7, 11) is 2.82. The summed E-state index contributed by atoms with van der Waals surface area (Å²) in [5.41, 5.74) is 1.87. The Bertz CT molecular complexity index is 916. The van der Waals surface area contributed by atoms with E-state index < -0.39 is 11.9 Å². The number of carbonyl (C=O) groups is 3. The number of allylic oxidation sites excluding steroid dienone is 1. The van der Waals surface area contributed by atoms with Gasteiger partial charge in [0.15, 0.2) is 5.78 Å². The van der Waals surface area contributed by atoms with Crippen molar-refractivity contribution in [3.05, 3.63) is 65.4 Å². The second-order valence-corrected chi connectivity index (χ2v) is 5.48. The molecule has 0 saturated carbocycles. The van der Waals surface area contributed by atoms with Crippen molar-refractivity contribution < 1.29 is 23.9 Å². The molecule has 26 heavy (non-hydrogen) atoms. The standard InChI is InChI=1S/C19H16N2O5/c1-25-13-6-3-11(4-7-13)17(22)10-16-18(23)21-15-9-12(19(24)26-2)5-8-14(15)20-16/h3-10,20H,1-2H3,(H,21,23)/b16-10-. The molecule has 0 unspecified atom stereocenters. The van der Waals surface area contributed by atoms with Gasteiger partial charge in [0.1, 0.15) is 11.4 Å². The van der Waals surface area contributed by atoms with E-state index in [9.17, 15) is 14.4 Å². The highest BCUT2D eigenvalue weighted by atomic mass is 16.5. The van der Waals surface area contributed by atoms with Crippen LogP contribution in [0.3, 0.4) is 0 Å². The van der Waals surface area contributed by atoms with Gasteiger partial charge in [-0.05, 0) is 42.5 Å². The predicted octanol–water partition coefficient (Wildman–Crippen LogP) is 2.61. The van der Waals surface area contributed by atoms with E-state index >= 15 is 0 Å². The van der Waals surface area contributed by atoms with E-state index in [1.165, 1.54) is 26.4 Å². The van der Waals surface area contributed by atoms with Crippen LogP contribution in [0.25, 0.3) is 0 Å². The number of anilines is 2. The average Bonchev–Trinajstić information content (AvgIpc) is 2.67. The van der Waals surface area contributed by atoms with Gasteiger partial charge in [-0.15, -0.1) is 0 Å². The lowest BCUT2D eigenvalue weighted by molar-refractivity contribution is -0.112. The Hall–Kier alpha value is -3.61. The van der Waals surface area contributed by atoms with Crippen LogP contribution in [0.4, 0.5) is 11.4 Å². The minimum Gasteiger partial charge on any atom is -0.497 e. The lowest BCUT2D eigenvalue weighted by atomic mass is 10.1. The topological polar surface area (TPSA) is 93.7 Å². The van der Waals surface area contributed by atoms with Gasteiger partial charge in [-0.1, -0.05) is 0 Å². The minimum absolute atomic E-state index is 0.115. The molecule has 1 aliphatic rings. The molecule has 132 valence electrons. The van der Waals surface area contributed by atoms with Gasteiger partial charge in [-0.2, -0.15) is 0 Å². The molecule has 0 fully saturated rings. The lowest BCUT2D eigenvalue weighted by Gasteiger charge is -2.21. The van der Waals surface area contributed by atoms with Crippen LogP contribution in [-0.4, -0.2) is 31.9 Å². The zero-order chi connectivity index (χ0) is 18.7. The summed E-state index contributed by atoms with van der Waals surface area (Å²) in [5, 5.41) is 5.56. The summed E-state index contributed by atoms with van der Waals surface area (Å²) in [6.45, 7) is 0. The van der Waals surface area contributed by atoms with Gasteiger partial charge in [0.05, 0.1) is 31.2 Å². The number of carbonyl (C=O) groups excluding carboxylic acids is 3. The zero-order valence-corrected chi connectivity index (χ0v) is 14.2. The molecule has 0 bridgehead atoms. The lowest BCUT2D eigenvalue weighted by Crippen LogP contribution is -2.26. The number of rotatable bonds is 4. The molecule has 0 atom stereocenters. The number of hydrogen-bond acceptors (Lipinski definition) is 6. The van der Waals surface area contributed by atoms with Crippen molar-refractivity contribution >= 4 is 29.0 Å². The zero-order valence-electron chi connectivity index (χ0n) is 14.2. The molecule has 2 aromatic rings. The summed E-state index contributed by atoms with van der Waals surface area (Å²) >= 11 is 0. The Balaban J connectivity index is 1.84. The van der Waals surface area contributed by atoms with Crippen molar-refractivity contribution in [3.8, 4) is 5.75 Å². The third kappa shape index (κ3) is 3.41. The summed E-state index contributed by atoms with van der Waals surface area (Å²) in [6.07, 6.45) is 1.23.